The predicted octanol–water partition coefficient (Wildman–Crippen LogP) is 2.03. The van der Waals surface area contributed by atoms with Gasteiger partial charge in [0.15, 0.2) is 0 Å². The van der Waals surface area contributed by atoms with E-state index in [4.69, 9.17) is 0 Å². The third-order valence-electron chi connectivity index (χ3n) is 1.48. The molecule has 0 amide bonds. The smallest absolute Gasteiger partial charge is 0.0521 e. The minimum absolute atomic E-state index is 0.653. The molecule has 0 saturated carbocycles. The van der Waals surface area contributed by atoms with Gasteiger partial charge in [0, 0.05) is 14.6 Å². The van der Waals surface area contributed by atoms with Crippen molar-refractivity contribution in [2.24, 2.45) is 0 Å². The van der Waals surface area contributed by atoms with E-state index in [0.717, 1.165) is 5.69 Å². The Morgan fingerprint density at radius 2 is 1.77 bits per heavy atom. The maximum atomic E-state index is 3.32. The van der Waals surface area contributed by atoms with Crippen LogP contribution in [0.5, 0.6) is 0 Å². The molecule has 0 aromatic heterocycles. The molecule has 3 N–H and O–H groups in total. The highest BCUT2D eigenvalue weighted by molar-refractivity contribution is 7.65. The molecule has 7 heteroatoms. The Balaban J connectivity index is 1.90. The Morgan fingerprint density at radius 1 is 1.08 bits per heavy atom. The van der Waals surface area contributed by atoms with Crippen LogP contribution >= 0.6 is 26.6 Å². The second-order valence-electron chi connectivity index (χ2n) is 2.41. The van der Waals surface area contributed by atoms with Gasteiger partial charge in [0.05, 0.1) is 17.8 Å². The molecule has 1 fully saturated rings. The van der Waals surface area contributed by atoms with Crippen molar-refractivity contribution in [1.29, 1.82) is 0 Å². The molecular weight excluding hydrogens is 221 g/mol. The molecule has 70 valence electrons. The number of rotatable bonds is 2. The highest BCUT2D eigenvalue weighted by Gasteiger charge is 2.07. The summed E-state index contributed by atoms with van der Waals surface area (Å²) >= 11 is 0. The summed E-state index contributed by atoms with van der Waals surface area (Å²) in [5.74, 6) is 0. The Labute approximate surface area is 82.9 Å². The van der Waals surface area contributed by atoms with Crippen molar-refractivity contribution < 1.29 is 0 Å². The van der Waals surface area contributed by atoms with E-state index in [0.29, 0.717) is 26.6 Å². The molecule has 0 bridgehead atoms. The molecule has 0 radical (unpaired) electrons. The average molecular weight is 232 g/mol. The molecule has 1 aromatic carbocycles. The molecule has 1 aliphatic rings. The molecule has 0 spiro atoms. The summed E-state index contributed by atoms with van der Waals surface area (Å²) in [5.41, 5.74) is 4.45. The molecule has 1 saturated heterocycles. The van der Waals surface area contributed by atoms with Gasteiger partial charge in [-0.1, -0.05) is 18.2 Å². The summed E-state index contributed by atoms with van der Waals surface area (Å²) in [6, 6.07) is 10.2. The quantitative estimate of drug-likeness (QED) is 0.682. The van der Waals surface area contributed by atoms with Crippen LogP contribution in [0, 0.1) is 0 Å². The van der Waals surface area contributed by atoms with Gasteiger partial charge in [-0.25, -0.2) is 0 Å². The Bertz CT molecular complexity index is 251. The second-order valence-corrected chi connectivity index (χ2v) is 6.45. The average Bonchev–Trinajstić information content (AvgIpc) is 2.21. The van der Waals surface area contributed by atoms with Crippen LogP contribution in [0.3, 0.4) is 0 Å². The number of nitrogens with zero attached hydrogens (tertiary/aromatic N) is 1. The SMILES string of the molecule is c1ccc(NN2PNPNP2)cc1. The lowest BCUT2D eigenvalue weighted by molar-refractivity contribution is 0.868. The largest absolute Gasteiger partial charge is 0.310 e. The molecule has 1 aromatic rings. The van der Waals surface area contributed by atoms with E-state index < -0.39 is 0 Å². The lowest BCUT2D eigenvalue weighted by atomic mass is 10.3. The van der Waals surface area contributed by atoms with E-state index in [1.54, 1.807) is 0 Å². The van der Waals surface area contributed by atoms with Gasteiger partial charge in [0.2, 0.25) is 0 Å². The first-order valence-electron chi connectivity index (χ1n) is 3.83. The topological polar surface area (TPSA) is 39.3 Å². The number of hydrogen-bond donors (Lipinski definition) is 3. The molecular formula is C6H11N4P3. The van der Waals surface area contributed by atoms with Gasteiger partial charge in [0.1, 0.15) is 0 Å². The van der Waals surface area contributed by atoms with E-state index >= 15 is 0 Å². The van der Waals surface area contributed by atoms with Crippen LogP contribution in [0.15, 0.2) is 30.3 Å². The zero-order valence-electron chi connectivity index (χ0n) is 6.83. The monoisotopic (exact) mass is 232 g/mol. The summed E-state index contributed by atoms with van der Waals surface area (Å²) < 4.78 is 2.14. The van der Waals surface area contributed by atoms with E-state index in [9.17, 15) is 0 Å². The van der Waals surface area contributed by atoms with E-state index in [1.807, 2.05) is 18.2 Å². The van der Waals surface area contributed by atoms with Crippen LogP contribution in [-0.4, -0.2) is 4.55 Å². The Kier molecular flexibility index (Phi) is 3.87. The Morgan fingerprint density at radius 3 is 2.46 bits per heavy atom. The van der Waals surface area contributed by atoms with Crippen LogP contribution < -0.4 is 15.1 Å². The van der Waals surface area contributed by atoms with Gasteiger partial charge >= 0.3 is 0 Å². The molecule has 2 unspecified atom stereocenters. The summed E-state index contributed by atoms with van der Waals surface area (Å²) in [4.78, 5) is 6.54. The standard InChI is InChI=1S/C6H11N4P3/c1-2-4-6(5-3-1)7-10-12-8-11-9-13-10/h1-5,7-9,11-13H. The van der Waals surface area contributed by atoms with Crippen molar-refractivity contribution in [3.05, 3.63) is 30.3 Å². The number of para-hydroxylation sites is 1. The number of hydrogen-bond acceptors (Lipinski definition) is 4. The first-order chi connectivity index (χ1) is 6.45. The fourth-order valence-electron chi connectivity index (χ4n) is 0.925. The summed E-state index contributed by atoms with van der Waals surface area (Å²) in [7, 11) is 2.00. The van der Waals surface area contributed by atoms with Gasteiger partial charge in [-0.15, -0.1) is 0 Å². The van der Waals surface area contributed by atoms with E-state index in [1.165, 1.54) is 0 Å². The normalized spacial score (nSPS) is 24.0. The fraction of sp³-hybridized carbons (Fsp3) is 0. The zero-order chi connectivity index (χ0) is 8.93. The van der Waals surface area contributed by atoms with Crippen molar-refractivity contribution in [1.82, 2.24) is 14.3 Å². The first-order valence-corrected chi connectivity index (χ1v) is 6.73. The number of benzene rings is 1. The minimum Gasteiger partial charge on any atom is -0.310 e. The lowest BCUT2D eigenvalue weighted by Crippen LogP contribution is -2.21. The van der Waals surface area contributed by atoms with Crippen molar-refractivity contribution in [3.8, 4) is 0 Å². The van der Waals surface area contributed by atoms with Gasteiger partial charge in [-0.05, 0) is 12.1 Å². The second kappa shape index (κ2) is 5.17. The fourth-order valence-corrected chi connectivity index (χ4v) is 4.68. The van der Waals surface area contributed by atoms with Crippen molar-refractivity contribution in [2.45, 2.75) is 0 Å². The highest BCUT2D eigenvalue weighted by atomic mass is 31.2. The predicted molar refractivity (Wildman–Crippen MR) is 63.1 cm³/mol. The maximum absolute atomic E-state index is 3.32. The highest BCUT2D eigenvalue weighted by Crippen LogP contribution is 2.36. The third-order valence-corrected chi connectivity index (χ3v) is 4.71. The van der Waals surface area contributed by atoms with Crippen molar-refractivity contribution >= 4 is 32.3 Å². The minimum atomic E-state index is 0.653. The summed E-state index contributed by atoms with van der Waals surface area (Å²) in [6.07, 6.45) is 0. The van der Waals surface area contributed by atoms with Crippen LogP contribution in [0.1, 0.15) is 0 Å². The molecule has 1 aliphatic heterocycles. The Hall–Kier alpha value is 0.190. The maximum Gasteiger partial charge on any atom is 0.0521 e. The lowest BCUT2D eigenvalue weighted by Gasteiger charge is -2.27. The molecule has 2 atom stereocenters. The van der Waals surface area contributed by atoms with Gasteiger partial charge in [-0.2, -0.15) is 4.55 Å². The van der Waals surface area contributed by atoms with Crippen molar-refractivity contribution in [2.75, 3.05) is 5.43 Å². The van der Waals surface area contributed by atoms with Crippen LogP contribution in [0.2, 0.25) is 0 Å². The third kappa shape index (κ3) is 3.11. The van der Waals surface area contributed by atoms with Crippen LogP contribution in [-0.2, 0) is 0 Å². The van der Waals surface area contributed by atoms with Gasteiger partial charge in [0.25, 0.3) is 0 Å². The zero-order valence-corrected chi connectivity index (χ0v) is 9.83. The number of anilines is 1. The van der Waals surface area contributed by atoms with E-state index in [-0.39, 0.29) is 0 Å². The van der Waals surface area contributed by atoms with Crippen LogP contribution in [0.4, 0.5) is 5.69 Å². The summed E-state index contributed by atoms with van der Waals surface area (Å²) in [5, 5.41) is 0. The molecule has 13 heavy (non-hydrogen) atoms. The summed E-state index contributed by atoms with van der Waals surface area (Å²) in [6.45, 7) is 0. The first kappa shape index (κ1) is 9.73. The number of nitrogens with one attached hydrogen (secondary N) is 3. The molecule has 1 heterocycles. The van der Waals surface area contributed by atoms with E-state index in [2.05, 4.69) is 31.8 Å². The van der Waals surface area contributed by atoms with Crippen molar-refractivity contribution in [3.63, 3.8) is 0 Å². The number of hydrazine groups is 1. The van der Waals surface area contributed by atoms with Gasteiger partial charge in [-0.3, -0.25) is 9.72 Å². The molecule has 0 aliphatic carbocycles. The van der Waals surface area contributed by atoms with Crippen LogP contribution in [0.25, 0.3) is 0 Å². The molecule has 4 nitrogen and oxygen atoms in total. The van der Waals surface area contributed by atoms with Gasteiger partial charge < -0.3 is 5.43 Å². The molecule has 2 rings (SSSR count).